The highest BCUT2D eigenvalue weighted by Gasteiger charge is 2.29. The first-order valence-corrected chi connectivity index (χ1v) is 8.01. The Kier molecular flexibility index (Phi) is 5.30. The fourth-order valence-electron chi connectivity index (χ4n) is 2.25. The zero-order chi connectivity index (χ0) is 20.1. The Morgan fingerprint density at radius 1 is 0.929 bits per heavy atom. The average Bonchev–Trinajstić information content (AvgIpc) is 2.69. The van der Waals surface area contributed by atoms with Crippen LogP contribution >= 0.6 is 0 Å². The molecule has 0 spiro atoms. The van der Waals surface area contributed by atoms with Crippen molar-refractivity contribution in [1.82, 2.24) is 15.4 Å². The van der Waals surface area contributed by atoms with Gasteiger partial charge in [0.15, 0.2) is 11.6 Å². The van der Waals surface area contributed by atoms with Gasteiger partial charge in [0.25, 0.3) is 5.91 Å². The molecular weight excluding hydrogens is 373 g/mol. The van der Waals surface area contributed by atoms with Crippen LogP contribution < -0.4 is 21.9 Å². The lowest BCUT2D eigenvalue weighted by Gasteiger charge is -2.13. The SMILES string of the molecule is Nc1c(NNC(=O)c2ccccc2)ncnc1Nc1ccc(C(F)(F)F)cc1. The fourth-order valence-corrected chi connectivity index (χ4v) is 2.25. The number of amides is 1. The maximum atomic E-state index is 12.6. The first kappa shape index (κ1) is 19.0. The van der Waals surface area contributed by atoms with E-state index >= 15 is 0 Å². The van der Waals surface area contributed by atoms with Gasteiger partial charge in [-0.1, -0.05) is 18.2 Å². The number of anilines is 4. The van der Waals surface area contributed by atoms with Crippen LogP contribution in [0.1, 0.15) is 15.9 Å². The summed E-state index contributed by atoms with van der Waals surface area (Å²) in [6.45, 7) is 0. The maximum absolute atomic E-state index is 12.6. The Bertz CT molecular complexity index is 961. The summed E-state index contributed by atoms with van der Waals surface area (Å²) in [7, 11) is 0. The number of nitrogen functional groups attached to an aromatic ring is 1. The molecule has 1 aromatic heterocycles. The van der Waals surface area contributed by atoms with Gasteiger partial charge in [0.1, 0.15) is 12.0 Å². The molecule has 0 aliphatic heterocycles. The Labute approximate surface area is 157 Å². The number of benzene rings is 2. The van der Waals surface area contributed by atoms with Gasteiger partial charge in [-0.3, -0.25) is 15.6 Å². The molecule has 0 bridgehead atoms. The van der Waals surface area contributed by atoms with Crippen LogP contribution in [0.2, 0.25) is 0 Å². The normalized spacial score (nSPS) is 11.0. The molecule has 0 fully saturated rings. The van der Waals surface area contributed by atoms with Crippen molar-refractivity contribution < 1.29 is 18.0 Å². The number of carbonyl (C=O) groups excluding carboxylic acids is 1. The largest absolute Gasteiger partial charge is 0.416 e. The van der Waals surface area contributed by atoms with E-state index in [4.69, 9.17) is 5.73 Å². The molecule has 3 rings (SSSR count). The fraction of sp³-hybridized carbons (Fsp3) is 0.0556. The zero-order valence-corrected chi connectivity index (χ0v) is 14.3. The molecule has 7 nitrogen and oxygen atoms in total. The summed E-state index contributed by atoms with van der Waals surface area (Å²) in [5, 5.41) is 2.81. The molecule has 0 radical (unpaired) electrons. The molecule has 2 aromatic carbocycles. The lowest BCUT2D eigenvalue weighted by atomic mass is 10.2. The number of halogens is 3. The van der Waals surface area contributed by atoms with Crippen LogP contribution in [0.15, 0.2) is 60.9 Å². The van der Waals surface area contributed by atoms with Crippen molar-refractivity contribution in [2.24, 2.45) is 0 Å². The van der Waals surface area contributed by atoms with Crippen LogP contribution in [0.5, 0.6) is 0 Å². The number of alkyl halides is 3. The van der Waals surface area contributed by atoms with Crippen molar-refractivity contribution >= 4 is 28.9 Å². The van der Waals surface area contributed by atoms with Crippen LogP contribution in [-0.2, 0) is 6.18 Å². The van der Waals surface area contributed by atoms with E-state index in [1.54, 1.807) is 30.3 Å². The smallest absolute Gasteiger partial charge is 0.393 e. The van der Waals surface area contributed by atoms with Crippen molar-refractivity contribution in [3.8, 4) is 0 Å². The molecule has 10 heteroatoms. The van der Waals surface area contributed by atoms with E-state index in [2.05, 4.69) is 26.1 Å². The number of hydrogen-bond donors (Lipinski definition) is 4. The molecule has 0 saturated carbocycles. The number of aromatic nitrogens is 2. The third-order valence-corrected chi connectivity index (χ3v) is 3.69. The summed E-state index contributed by atoms with van der Waals surface area (Å²) in [4.78, 5) is 20.0. The van der Waals surface area contributed by atoms with Gasteiger partial charge in [0.2, 0.25) is 0 Å². The molecule has 0 aliphatic rings. The molecule has 1 heterocycles. The van der Waals surface area contributed by atoms with E-state index in [9.17, 15) is 18.0 Å². The van der Waals surface area contributed by atoms with Gasteiger partial charge in [-0.15, -0.1) is 0 Å². The molecule has 0 aliphatic carbocycles. The molecule has 3 aromatic rings. The number of nitrogens with one attached hydrogen (secondary N) is 3. The Hall–Kier alpha value is -3.82. The van der Waals surface area contributed by atoms with Crippen molar-refractivity contribution in [3.05, 3.63) is 72.1 Å². The standard InChI is InChI=1S/C18H15F3N6O/c19-18(20,21)12-6-8-13(9-7-12)25-15-14(22)16(24-10-23-15)26-27-17(28)11-4-2-1-3-5-11/h1-10H,22H2,(H,27,28)(H2,23,24,25,26). The highest BCUT2D eigenvalue weighted by atomic mass is 19.4. The highest BCUT2D eigenvalue weighted by Crippen LogP contribution is 2.31. The van der Waals surface area contributed by atoms with Crippen LogP contribution in [0, 0.1) is 0 Å². The summed E-state index contributed by atoms with van der Waals surface area (Å²) < 4.78 is 37.9. The second-order valence-corrected chi connectivity index (χ2v) is 5.63. The lowest BCUT2D eigenvalue weighted by molar-refractivity contribution is -0.137. The number of hydrogen-bond acceptors (Lipinski definition) is 6. The topological polar surface area (TPSA) is 105 Å². The van der Waals surface area contributed by atoms with Gasteiger partial charge in [-0.25, -0.2) is 9.97 Å². The Balaban J connectivity index is 1.70. The van der Waals surface area contributed by atoms with Crippen LogP contribution in [-0.4, -0.2) is 15.9 Å². The quantitative estimate of drug-likeness (QED) is 0.498. The molecule has 1 amide bonds. The molecule has 144 valence electrons. The number of nitrogens with two attached hydrogens (primary N) is 1. The third kappa shape index (κ3) is 4.47. The molecular formula is C18H15F3N6O. The van der Waals surface area contributed by atoms with Gasteiger partial charge in [-0.05, 0) is 36.4 Å². The van der Waals surface area contributed by atoms with E-state index in [1.165, 1.54) is 18.5 Å². The number of nitrogens with zero attached hydrogens (tertiary/aromatic N) is 2. The molecule has 0 unspecified atom stereocenters. The van der Waals surface area contributed by atoms with Gasteiger partial charge >= 0.3 is 6.18 Å². The van der Waals surface area contributed by atoms with E-state index in [1.807, 2.05) is 0 Å². The minimum absolute atomic E-state index is 0.0794. The average molecular weight is 388 g/mol. The minimum atomic E-state index is -4.42. The Morgan fingerprint density at radius 2 is 1.57 bits per heavy atom. The van der Waals surface area contributed by atoms with Gasteiger partial charge in [0.05, 0.1) is 5.56 Å². The number of carbonyl (C=O) groups is 1. The lowest BCUT2D eigenvalue weighted by Crippen LogP contribution is -2.30. The van der Waals surface area contributed by atoms with Crippen molar-refractivity contribution in [1.29, 1.82) is 0 Å². The summed E-state index contributed by atoms with van der Waals surface area (Å²) in [6.07, 6.45) is -3.22. The van der Waals surface area contributed by atoms with Crippen molar-refractivity contribution in [2.45, 2.75) is 6.18 Å². The van der Waals surface area contributed by atoms with Gasteiger partial charge in [0, 0.05) is 11.3 Å². The van der Waals surface area contributed by atoms with Crippen LogP contribution in [0.4, 0.5) is 36.2 Å². The maximum Gasteiger partial charge on any atom is 0.416 e. The van der Waals surface area contributed by atoms with E-state index in [0.717, 1.165) is 12.1 Å². The summed E-state index contributed by atoms with van der Waals surface area (Å²) in [5.41, 5.74) is 11.1. The van der Waals surface area contributed by atoms with E-state index < -0.39 is 17.6 Å². The monoisotopic (exact) mass is 388 g/mol. The van der Waals surface area contributed by atoms with E-state index in [0.29, 0.717) is 11.3 Å². The van der Waals surface area contributed by atoms with Crippen LogP contribution in [0.3, 0.4) is 0 Å². The molecule has 0 saturated heterocycles. The van der Waals surface area contributed by atoms with Gasteiger partial charge in [-0.2, -0.15) is 13.2 Å². The number of rotatable bonds is 5. The first-order valence-electron chi connectivity index (χ1n) is 8.01. The summed E-state index contributed by atoms with van der Waals surface area (Å²) in [6, 6.07) is 12.9. The van der Waals surface area contributed by atoms with Crippen molar-refractivity contribution in [2.75, 3.05) is 16.5 Å². The Morgan fingerprint density at radius 3 is 2.21 bits per heavy atom. The summed E-state index contributed by atoms with van der Waals surface area (Å²) in [5.74, 6) is -0.0872. The molecule has 28 heavy (non-hydrogen) atoms. The van der Waals surface area contributed by atoms with Crippen LogP contribution in [0.25, 0.3) is 0 Å². The molecule has 0 atom stereocenters. The second kappa shape index (κ2) is 7.82. The first-order chi connectivity index (χ1) is 13.3. The predicted octanol–water partition coefficient (Wildman–Crippen LogP) is 3.58. The highest BCUT2D eigenvalue weighted by molar-refractivity contribution is 5.95. The number of hydrazine groups is 1. The van der Waals surface area contributed by atoms with E-state index in [-0.39, 0.29) is 17.3 Å². The predicted molar refractivity (Wildman–Crippen MR) is 98.7 cm³/mol. The summed E-state index contributed by atoms with van der Waals surface area (Å²) >= 11 is 0. The third-order valence-electron chi connectivity index (χ3n) is 3.69. The second-order valence-electron chi connectivity index (χ2n) is 5.63. The minimum Gasteiger partial charge on any atom is -0.393 e. The zero-order valence-electron chi connectivity index (χ0n) is 14.3. The van der Waals surface area contributed by atoms with Crippen molar-refractivity contribution in [3.63, 3.8) is 0 Å². The van der Waals surface area contributed by atoms with Gasteiger partial charge < -0.3 is 11.1 Å². The molecule has 5 N–H and O–H groups in total.